The first-order chi connectivity index (χ1) is 10.3. The highest BCUT2D eigenvalue weighted by Crippen LogP contribution is 2.38. The Labute approximate surface area is 123 Å². The summed E-state index contributed by atoms with van der Waals surface area (Å²) in [4.78, 5) is 0. The minimum atomic E-state index is -0.00546. The lowest BCUT2D eigenvalue weighted by Gasteiger charge is -2.36. The monoisotopic (exact) mass is 288 g/mol. The van der Waals surface area contributed by atoms with Crippen LogP contribution in [-0.4, -0.2) is 10.9 Å². The van der Waals surface area contributed by atoms with Crippen LogP contribution in [0.15, 0.2) is 50.8 Å². The van der Waals surface area contributed by atoms with E-state index in [1.165, 1.54) is 0 Å². The fraction of sp³-hybridized carbons (Fsp3) is 0.438. The van der Waals surface area contributed by atoms with E-state index < -0.39 is 0 Å². The summed E-state index contributed by atoms with van der Waals surface area (Å²) >= 11 is 0. The van der Waals surface area contributed by atoms with Crippen molar-refractivity contribution >= 4 is 5.71 Å². The largest absolute Gasteiger partial charge is 0.468 e. The molecule has 5 nitrogen and oxygen atoms in total. The molecule has 3 atom stereocenters. The van der Waals surface area contributed by atoms with Crippen LogP contribution in [0.1, 0.15) is 49.8 Å². The van der Waals surface area contributed by atoms with Crippen molar-refractivity contribution in [1.29, 1.82) is 0 Å². The molecule has 1 saturated heterocycles. The summed E-state index contributed by atoms with van der Waals surface area (Å²) in [5, 5.41) is 16.6. The van der Waals surface area contributed by atoms with Crippen LogP contribution >= 0.6 is 0 Å². The molecule has 0 amide bonds. The van der Waals surface area contributed by atoms with Crippen molar-refractivity contribution < 1.29 is 14.0 Å². The quantitative estimate of drug-likeness (QED) is 0.661. The van der Waals surface area contributed by atoms with Crippen LogP contribution in [0.3, 0.4) is 0 Å². The maximum absolute atomic E-state index is 9.42. The van der Waals surface area contributed by atoms with Crippen LogP contribution in [0, 0.1) is 5.92 Å². The molecule has 0 aliphatic carbocycles. The highest BCUT2D eigenvalue weighted by Gasteiger charge is 2.38. The van der Waals surface area contributed by atoms with Crippen molar-refractivity contribution in [2.24, 2.45) is 11.1 Å². The third-order valence-corrected chi connectivity index (χ3v) is 4.09. The Morgan fingerprint density at radius 3 is 2.52 bits per heavy atom. The summed E-state index contributed by atoms with van der Waals surface area (Å²) in [6.07, 6.45) is 5.95. The highest BCUT2D eigenvalue weighted by molar-refractivity contribution is 5.88. The summed E-state index contributed by atoms with van der Waals surface area (Å²) < 4.78 is 11.1. The fourth-order valence-corrected chi connectivity index (χ4v) is 3.12. The third-order valence-electron chi connectivity index (χ3n) is 4.09. The Bertz CT molecular complexity index is 575. The van der Waals surface area contributed by atoms with Crippen LogP contribution in [0.4, 0.5) is 0 Å². The number of rotatable bonds is 4. The second-order valence-electron chi connectivity index (χ2n) is 5.42. The van der Waals surface area contributed by atoms with Gasteiger partial charge in [0.05, 0.1) is 30.3 Å². The van der Waals surface area contributed by atoms with Gasteiger partial charge in [-0.3, -0.25) is 5.32 Å². The molecule has 21 heavy (non-hydrogen) atoms. The molecule has 0 unspecified atom stereocenters. The van der Waals surface area contributed by atoms with Crippen LogP contribution in [-0.2, 0) is 0 Å². The lowest BCUT2D eigenvalue weighted by Crippen LogP contribution is -2.42. The van der Waals surface area contributed by atoms with Gasteiger partial charge >= 0.3 is 0 Å². The smallest absolute Gasteiger partial charge is 0.121 e. The summed E-state index contributed by atoms with van der Waals surface area (Å²) in [5.74, 6) is 1.85. The molecule has 2 N–H and O–H groups in total. The van der Waals surface area contributed by atoms with Crippen LogP contribution in [0.2, 0.25) is 0 Å². The first-order valence-corrected chi connectivity index (χ1v) is 7.37. The molecule has 0 bridgehead atoms. The summed E-state index contributed by atoms with van der Waals surface area (Å²) in [6.45, 7) is 2.13. The average molecular weight is 288 g/mol. The van der Waals surface area contributed by atoms with E-state index in [4.69, 9.17) is 8.83 Å². The Morgan fingerprint density at radius 1 is 1.24 bits per heavy atom. The summed E-state index contributed by atoms with van der Waals surface area (Å²) in [5.41, 5.74) is 0.804. The molecule has 0 radical (unpaired) electrons. The number of nitrogens with zero attached hydrogens (tertiary/aromatic N) is 1. The first kappa shape index (κ1) is 13.9. The summed E-state index contributed by atoms with van der Waals surface area (Å²) in [7, 11) is 0. The second kappa shape index (κ2) is 6.18. The molecular weight excluding hydrogens is 268 g/mol. The van der Waals surface area contributed by atoms with Gasteiger partial charge in [0.25, 0.3) is 0 Å². The van der Waals surface area contributed by atoms with Crippen molar-refractivity contribution in [2.75, 3.05) is 0 Å². The van der Waals surface area contributed by atoms with Gasteiger partial charge in [0, 0.05) is 12.3 Å². The van der Waals surface area contributed by atoms with Crippen molar-refractivity contribution in [2.45, 2.75) is 38.3 Å². The van der Waals surface area contributed by atoms with Crippen LogP contribution in [0.5, 0.6) is 0 Å². The Hall–Kier alpha value is -2.01. The van der Waals surface area contributed by atoms with Gasteiger partial charge in [-0.1, -0.05) is 18.5 Å². The van der Waals surface area contributed by atoms with E-state index in [0.717, 1.165) is 30.1 Å². The number of hydrogen-bond donors (Lipinski definition) is 2. The maximum Gasteiger partial charge on any atom is 0.121 e. The topological polar surface area (TPSA) is 70.9 Å². The maximum atomic E-state index is 9.42. The molecule has 5 heteroatoms. The van der Waals surface area contributed by atoms with E-state index in [1.807, 2.05) is 24.3 Å². The molecule has 2 aromatic rings. The molecule has 3 heterocycles. The standard InChI is InChI=1S/C16H20N2O3/c1-2-5-11-12(18-19)10-13(14-6-3-8-20-14)17-16(11)15-7-4-9-21-15/h3-4,6-9,11,13,16-17,19H,2,5,10H2,1H3/b18-12+/t11-,13-,16-/m1/s1. The Kier molecular flexibility index (Phi) is 4.10. The van der Waals surface area contributed by atoms with E-state index in [9.17, 15) is 5.21 Å². The van der Waals surface area contributed by atoms with Gasteiger partial charge < -0.3 is 14.0 Å². The van der Waals surface area contributed by atoms with Crippen molar-refractivity contribution in [3.63, 3.8) is 0 Å². The average Bonchev–Trinajstić information content (AvgIpc) is 3.21. The van der Waals surface area contributed by atoms with E-state index in [0.29, 0.717) is 6.42 Å². The minimum absolute atomic E-state index is 0.00491. The highest BCUT2D eigenvalue weighted by atomic mass is 16.4. The zero-order valence-electron chi connectivity index (χ0n) is 12.0. The van der Waals surface area contributed by atoms with E-state index in [1.54, 1.807) is 12.5 Å². The normalized spacial score (nSPS) is 28.0. The molecule has 112 valence electrons. The SMILES string of the molecule is CCC[C@@H]1/C(=N/O)C[C@H](c2ccco2)N[C@H]1c1ccco1. The molecule has 1 aliphatic heterocycles. The lowest BCUT2D eigenvalue weighted by molar-refractivity contribution is 0.253. The third kappa shape index (κ3) is 2.74. The van der Waals surface area contributed by atoms with Gasteiger partial charge in [-0.15, -0.1) is 0 Å². The van der Waals surface area contributed by atoms with Gasteiger partial charge in [-0.25, -0.2) is 0 Å². The number of piperidine rings is 1. The van der Waals surface area contributed by atoms with Crippen molar-refractivity contribution in [3.05, 3.63) is 48.3 Å². The lowest BCUT2D eigenvalue weighted by atomic mass is 9.81. The molecule has 1 fully saturated rings. The van der Waals surface area contributed by atoms with E-state index >= 15 is 0 Å². The molecule has 0 saturated carbocycles. The van der Waals surface area contributed by atoms with Gasteiger partial charge in [-0.2, -0.15) is 0 Å². The predicted octanol–water partition coefficient (Wildman–Crippen LogP) is 3.89. The number of hydrogen-bond acceptors (Lipinski definition) is 5. The minimum Gasteiger partial charge on any atom is -0.468 e. The zero-order chi connectivity index (χ0) is 14.7. The van der Waals surface area contributed by atoms with Crippen LogP contribution in [0.25, 0.3) is 0 Å². The molecule has 0 aromatic carbocycles. The second-order valence-corrected chi connectivity index (χ2v) is 5.42. The molecule has 0 spiro atoms. The van der Waals surface area contributed by atoms with Crippen molar-refractivity contribution in [1.82, 2.24) is 5.32 Å². The zero-order valence-corrected chi connectivity index (χ0v) is 12.0. The van der Waals surface area contributed by atoms with Crippen molar-refractivity contribution in [3.8, 4) is 0 Å². The number of nitrogens with one attached hydrogen (secondary N) is 1. The van der Waals surface area contributed by atoms with Gasteiger partial charge in [-0.05, 0) is 30.7 Å². The Balaban J connectivity index is 1.92. The van der Waals surface area contributed by atoms with Crippen LogP contribution < -0.4 is 5.32 Å². The molecular formula is C16H20N2O3. The first-order valence-electron chi connectivity index (χ1n) is 7.37. The van der Waals surface area contributed by atoms with Gasteiger partial charge in [0.2, 0.25) is 0 Å². The number of furan rings is 2. The molecule has 1 aliphatic rings. The van der Waals surface area contributed by atoms with E-state index in [2.05, 4.69) is 17.4 Å². The predicted molar refractivity (Wildman–Crippen MR) is 78.3 cm³/mol. The number of oxime groups is 1. The fourth-order valence-electron chi connectivity index (χ4n) is 3.12. The van der Waals surface area contributed by atoms with Gasteiger partial charge in [0.15, 0.2) is 0 Å². The summed E-state index contributed by atoms with van der Waals surface area (Å²) in [6, 6.07) is 7.63. The molecule has 3 rings (SSSR count). The molecule has 2 aromatic heterocycles. The van der Waals surface area contributed by atoms with E-state index in [-0.39, 0.29) is 18.0 Å². The van der Waals surface area contributed by atoms with Gasteiger partial charge in [0.1, 0.15) is 11.5 Å². The Morgan fingerprint density at radius 2 is 1.95 bits per heavy atom.